The number of hydrogen-bond acceptors (Lipinski definition) is 4. The van der Waals surface area contributed by atoms with Gasteiger partial charge in [-0.1, -0.05) is 5.92 Å². The summed E-state index contributed by atoms with van der Waals surface area (Å²) in [6, 6.07) is 8.05. The number of ether oxygens (including phenoxy) is 1. The van der Waals surface area contributed by atoms with Crippen molar-refractivity contribution in [2.24, 2.45) is 0 Å². The summed E-state index contributed by atoms with van der Waals surface area (Å²) in [5, 5.41) is 0. The van der Waals surface area contributed by atoms with Crippen LogP contribution >= 0.6 is 22.6 Å². The van der Waals surface area contributed by atoms with E-state index in [1.807, 2.05) is 12.1 Å². The Bertz CT molecular complexity index is 1220. The molecule has 2 aromatic heterocycles. The second-order valence-corrected chi connectivity index (χ2v) is 8.92. The normalized spacial score (nSPS) is 17.9. The lowest BCUT2D eigenvalue weighted by atomic mass is 10.0. The van der Waals surface area contributed by atoms with Gasteiger partial charge in [0.15, 0.2) is 5.65 Å². The van der Waals surface area contributed by atoms with Crippen molar-refractivity contribution >= 4 is 51.2 Å². The second kappa shape index (κ2) is 7.67. The molecule has 30 heavy (non-hydrogen) atoms. The number of nitrogens with one attached hydrogen (secondary N) is 1. The molecular weight excluding hydrogens is 491 g/mol. The minimum Gasteiger partial charge on any atom is -0.370 e. The first-order chi connectivity index (χ1) is 14.5. The van der Waals surface area contributed by atoms with Crippen molar-refractivity contribution in [2.45, 2.75) is 45.1 Å². The highest BCUT2D eigenvalue weighted by molar-refractivity contribution is 14.1. The van der Waals surface area contributed by atoms with Gasteiger partial charge in [-0.25, -0.2) is 9.97 Å². The molecule has 1 amide bonds. The monoisotopic (exact) mass is 512 g/mol. The van der Waals surface area contributed by atoms with E-state index < -0.39 is 0 Å². The predicted molar refractivity (Wildman–Crippen MR) is 124 cm³/mol. The number of hydrogen-bond donors (Lipinski definition) is 1. The van der Waals surface area contributed by atoms with Gasteiger partial charge in [-0.15, -0.1) is 0 Å². The molecule has 152 valence electrons. The Balaban J connectivity index is 1.64. The lowest BCUT2D eigenvalue weighted by Gasteiger charge is -2.24. The van der Waals surface area contributed by atoms with Gasteiger partial charge in [-0.3, -0.25) is 9.69 Å². The quantitative estimate of drug-likeness (QED) is 0.399. The van der Waals surface area contributed by atoms with Gasteiger partial charge in [0.1, 0.15) is 17.7 Å². The Hall–Kier alpha value is -2.44. The maximum Gasteiger partial charge on any atom is 0.308 e. The molecule has 1 aromatic carbocycles. The lowest BCUT2D eigenvalue weighted by Crippen LogP contribution is -2.26. The molecule has 0 radical (unpaired) electrons. The van der Waals surface area contributed by atoms with Crippen molar-refractivity contribution in [3.05, 3.63) is 44.8 Å². The molecule has 2 aliphatic rings. The summed E-state index contributed by atoms with van der Waals surface area (Å²) in [5.74, 6) is 6.96. The molecule has 7 heteroatoms. The summed E-state index contributed by atoms with van der Waals surface area (Å²) in [4.78, 5) is 27.4. The topological polar surface area (TPSA) is 71.1 Å². The molecule has 1 saturated carbocycles. The number of nitrogens with zero attached hydrogens (tertiary/aromatic N) is 3. The standard InChI is InChI=1S/C23H21IN4O2/c1-3-4-21(29)28(18-11-13(2)16(24)12-15(18)14-5-6-14)20-8-7-17-22(26-20)27-23(25-17)19-9-10-30-19/h7-8,11-12,14,19H,5-6,9-10H2,1-2H3,(H,25,26,27). The molecule has 1 atom stereocenters. The molecule has 1 N–H and O–H groups in total. The molecule has 1 saturated heterocycles. The number of amides is 1. The summed E-state index contributed by atoms with van der Waals surface area (Å²) in [7, 11) is 0. The fraction of sp³-hybridized carbons (Fsp3) is 0.348. The van der Waals surface area contributed by atoms with E-state index in [0.717, 1.165) is 48.5 Å². The summed E-state index contributed by atoms with van der Waals surface area (Å²) < 4.78 is 6.73. The highest BCUT2D eigenvalue weighted by atomic mass is 127. The average Bonchev–Trinajstić information content (AvgIpc) is 3.43. The lowest BCUT2D eigenvalue weighted by molar-refractivity contribution is -0.112. The van der Waals surface area contributed by atoms with Crippen LogP contribution in [0.4, 0.5) is 11.5 Å². The first-order valence-corrected chi connectivity index (χ1v) is 11.2. The number of aromatic amines is 1. The van der Waals surface area contributed by atoms with Crippen LogP contribution in [0.5, 0.6) is 0 Å². The number of benzene rings is 1. The predicted octanol–water partition coefficient (Wildman–Crippen LogP) is 4.90. The van der Waals surface area contributed by atoms with E-state index in [1.165, 1.54) is 9.13 Å². The zero-order chi connectivity index (χ0) is 20.8. The molecule has 0 spiro atoms. The average molecular weight is 512 g/mol. The van der Waals surface area contributed by atoms with Gasteiger partial charge in [0.05, 0.1) is 17.8 Å². The van der Waals surface area contributed by atoms with Gasteiger partial charge in [-0.2, -0.15) is 0 Å². The number of imidazole rings is 1. The number of aryl methyl sites for hydroxylation is 1. The third kappa shape index (κ3) is 3.48. The molecule has 1 aliphatic heterocycles. The van der Waals surface area contributed by atoms with Crippen molar-refractivity contribution < 1.29 is 9.53 Å². The number of rotatable bonds is 4. The maximum atomic E-state index is 13.1. The number of aromatic nitrogens is 3. The number of pyridine rings is 1. The van der Waals surface area contributed by atoms with Crippen LogP contribution in [0.2, 0.25) is 0 Å². The highest BCUT2D eigenvalue weighted by Crippen LogP contribution is 2.46. The van der Waals surface area contributed by atoms with Crippen LogP contribution in [0.15, 0.2) is 24.3 Å². The molecule has 0 bridgehead atoms. The Labute approximate surface area is 188 Å². The van der Waals surface area contributed by atoms with Crippen molar-refractivity contribution in [3.8, 4) is 11.8 Å². The van der Waals surface area contributed by atoms with Crippen molar-refractivity contribution in [1.82, 2.24) is 15.0 Å². The SMILES string of the molecule is CC#CC(=O)N(c1ccc2[nH]c(C3CCO3)nc2n1)c1cc(C)c(I)cc1C1CC1. The molecular formula is C23H21IN4O2. The van der Waals surface area contributed by atoms with Gasteiger partial charge in [-0.05, 0) is 96.5 Å². The maximum absolute atomic E-state index is 13.1. The molecule has 5 rings (SSSR count). The Morgan fingerprint density at radius 2 is 2.07 bits per heavy atom. The van der Waals surface area contributed by atoms with E-state index in [1.54, 1.807) is 11.8 Å². The van der Waals surface area contributed by atoms with Gasteiger partial charge < -0.3 is 9.72 Å². The summed E-state index contributed by atoms with van der Waals surface area (Å²) in [6.45, 7) is 4.49. The molecule has 1 aliphatic carbocycles. The minimum absolute atomic E-state index is 0.00617. The summed E-state index contributed by atoms with van der Waals surface area (Å²) in [6.07, 6.45) is 3.25. The molecule has 3 aromatic rings. The minimum atomic E-state index is -0.287. The van der Waals surface area contributed by atoms with Crippen LogP contribution in [0.1, 0.15) is 55.2 Å². The number of carbonyl (C=O) groups is 1. The largest absolute Gasteiger partial charge is 0.370 e. The zero-order valence-electron chi connectivity index (χ0n) is 16.8. The summed E-state index contributed by atoms with van der Waals surface area (Å²) in [5.41, 5.74) is 4.59. The third-order valence-electron chi connectivity index (χ3n) is 5.58. The molecule has 3 heterocycles. The number of anilines is 2. The van der Waals surface area contributed by atoms with Crippen LogP contribution in [0, 0.1) is 22.3 Å². The molecule has 1 unspecified atom stereocenters. The number of halogens is 1. The Morgan fingerprint density at radius 3 is 2.73 bits per heavy atom. The van der Waals surface area contributed by atoms with Gasteiger partial charge >= 0.3 is 5.91 Å². The zero-order valence-corrected chi connectivity index (χ0v) is 19.0. The van der Waals surface area contributed by atoms with Crippen molar-refractivity contribution in [2.75, 3.05) is 11.5 Å². The van der Waals surface area contributed by atoms with Crippen LogP contribution < -0.4 is 4.90 Å². The van der Waals surface area contributed by atoms with Gasteiger partial charge in [0, 0.05) is 9.99 Å². The van der Waals surface area contributed by atoms with Crippen LogP contribution in [-0.4, -0.2) is 27.5 Å². The third-order valence-corrected chi connectivity index (χ3v) is 6.75. The molecule has 6 nitrogen and oxygen atoms in total. The van der Waals surface area contributed by atoms with Crippen LogP contribution in [-0.2, 0) is 9.53 Å². The van der Waals surface area contributed by atoms with E-state index in [4.69, 9.17) is 9.72 Å². The molecule has 2 fully saturated rings. The second-order valence-electron chi connectivity index (χ2n) is 7.76. The summed E-state index contributed by atoms with van der Waals surface area (Å²) >= 11 is 2.36. The highest BCUT2D eigenvalue weighted by Gasteiger charge is 2.31. The van der Waals surface area contributed by atoms with Crippen molar-refractivity contribution in [3.63, 3.8) is 0 Å². The van der Waals surface area contributed by atoms with E-state index in [0.29, 0.717) is 17.4 Å². The van der Waals surface area contributed by atoms with Crippen LogP contribution in [0.25, 0.3) is 11.2 Å². The van der Waals surface area contributed by atoms with Gasteiger partial charge in [0.2, 0.25) is 0 Å². The van der Waals surface area contributed by atoms with Crippen LogP contribution in [0.3, 0.4) is 0 Å². The van der Waals surface area contributed by atoms with Gasteiger partial charge in [0.25, 0.3) is 0 Å². The Morgan fingerprint density at radius 1 is 1.27 bits per heavy atom. The van der Waals surface area contributed by atoms with E-state index in [2.05, 4.69) is 63.5 Å². The number of carbonyl (C=O) groups excluding carboxylic acids is 1. The number of fused-ring (bicyclic) bond motifs is 1. The fourth-order valence-electron chi connectivity index (χ4n) is 3.73. The Kier molecular flexibility index (Phi) is 4.99. The first-order valence-electron chi connectivity index (χ1n) is 10.1. The first kappa shape index (κ1) is 19.5. The van der Waals surface area contributed by atoms with E-state index in [-0.39, 0.29) is 12.0 Å². The smallest absolute Gasteiger partial charge is 0.308 e. The van der Waals surface area contributed by atoms with E-state index >= 15 is 0 Å². The van der Waals surface area contributed by atoms with E-state index in [9.17, 15) is 4.79 Å². The fourth-order valence-corrected chi connectivity index (χ4v) is 4.22. The van der Waals surface area contributed by atoms with Crippen molar-refractivity contribution in [1.29, 1.82) is 0 Å². The number of H-pyrrole nitrogens is 1.